The van der Waals surface area contributed by atoms with E-state index in [2.05, 4.69) is 6.58 Å². The lowest BCUT2D eigenvalue weighted by molar-refractivity contribution is -0.132. The highest BCUT2D eigenvalue weighted by atomic mass is 28.2. The molecule has 1 rings (SSSR count). The van der Waals surface area contributed by atoms with E-state index in [1.165, 1.54) is 25.7 Å². The molecule has 0 spiro atoms. The Hall–Kier alpha value is -0.573. The van der Waals surface area contributed by atoms with E-state index in [1.807, 2.05) is 0 Å². The fraction of sp³-hybridized carbons (Fsp3) is 0.667. The summed E-state index contributed by atoms with van der Waals surface area (Å²) in [4.78, 5) is 10.4. The second kappa shape index (κ2) is 4.45. The minimum absolute atomic E-state index is 0.183. The summed E-state index contributed by atoms with van der Waals surface area (Å²) < 4.78 is 0. The maximum absolute atomic E-state index is 10.4. The molecule has 1 saturated carbocycles. The van der Waals surface area contributed by atoms with Crippen LogP contribution in [0.5, 0.6) is 0 Å². The molecule has 1 fully saturated rings. The number of carboxylic acids is 1. The van der Waals surface area contributed by atoms with Gasteiger partial charge in [-0.1, -0.05) is 37.8 Å². The Morgan fingerprint density at radius 3 is 2.58 bits per heavy atom. The standard InChI is InChI=1S/C9H16O2Si/c1-7(9(10)11)6-12-8-4-2-3-5-8/h8H,1-6,12H2,(H,10,11). The van der Waals surface area contributed by atoms with Gasteiger partial charge in [-0.15, -0.1) is 0 Å². The molecule has 0 bridgehead atoms. The van der Waals surface area contributed by atoms with Gasteiger partial charge in [0, 0.05) is 15.1 Å². The summed E-state index contributed by atoms with van der Waals surface area (Å²) in [5, 5.41) is 8.58. The maximum atomic E-state index is 10.4. The number of hydrogen-bond donors (Lipinski definition) is 1. The van der Waals surface area contributed by atoms with Gasteiger partial charge in [0.2, 0.25) is 0 Å². The third-order valence-corrected chi connectivity index (χ3v) is 5.16. The number of rotatable bonds is 4. The van der Waals surface area contributed by atoms with Crippen LogP contribution in [0.2, 0.25) is 11.6 Å². The SMILES string of the molecule is C=C(C[SiH2]C1CCCC1)C(=O)O. The highest BCUT2D eigenvalue weighted by Gasteiger charge is 2.16. The molecule has 1 aliphatic rings. The van der Waals surface area contributed by atoms with Crippen LogP contribution >= 0.6 is 0 Å². The Kier molecular flexibility index (Phi) is 3.53. The highest BCUT2D eigenvalue weighted by Crippen LogP contribution is 2.30. The van der Waals surface area contributed by atoms with E-state index in [9.17, 15) is 4.79 Å². The fourth-order valence-electron chi connectivity index (χ4n) is 1.78. The van der Waals surface area contributed by atoms with E-state index < -0.39 is 5.97 Å². The molecule has 0 heterocycles. The predicted octanol–water partition coefficient (Wildman–Crippen LogP) is 1.58. The normalized spacial score (nSPS) is 19.0. The summed E-state index contributed by atoms with van der Waals surface area (Å²) in [7, 11) is -0.183. The largest absolute Gasteiger partial charge is 0.478 e. The average molecular weight is 184 g/mol. The lowest BCUT2D eigenvalue weighted by atomic mass is 10.3. The molecule has 68 valence electrons. The van der Waals surface area contributed by atoms with Crippen molar-refractivity contribution in [2.24, 2.45) is 0 Å². The molecule has 0 aromatic rings. The van der Waals surface area contributed by atoms with Crippen LogP contribution in [-0.4, -0.2) is 20.6 Å². The smallest absolute Gasteiger partial charge is 0.330 e. The summed E-state index contributed by atoms with van der Waals surface area (Å²) in [5.74, 6) is -0.805. The maximum Gasteiger partial charge on any atom is 0.330 e. The first-order valence-electron chi connectivity index (χ1n) is 4.61. The van der Waals surface area contributed by atoms with Crippen molar-refractivity contribution >= 4 is 15.5 Å². The second-order valence-electron chi connectivity index (χ2n) is 3.60. The van der Waals surface area contributed by atoms with Crippen molar-refractivity contribution in [2.45, 2.75) is 37.3 Å². The quantitative estimate of drug-likeness (QED) is 0.532. The zero-order valence-corrected chi connectivity index (χ0v) is 8.80. The molecule has 0 radical (unpaired) electrons. The van der Waals surface area contributed by atoms with Crippen molar-refractivity contribution in [1.29, 1.82) is 0 Å². The molecular weight excluding hydrogens is 168 g/mol. The van der Waals surface area contributed by atoms with E-state index in [1.54, 1.807) is 0 Å². The predicted molar refractivity (Wildman–Crippen MR) is 52.3 cm³/mol. The van der Waals surface area contributed by atoms with Crippen LogP contribution < -0.4 is 0 Å². The highest BCUT2D eigenvalue weighted by molar-refractivity contribution is 6.39. The van der Waals surface area contributed by atoms with Crippen LogP contribution in [-0.2, 0) is 4.79 Å². The van der Waals surface area contributed by atoms with Crippen molar-refractivity contribution in [3.63, 3.8) is 0 Å². The van der Waals surface area contributed by atoms with Gasteiger partial charge in [-0.3, -0.25) is 0 Å². The van der Waals surface area contributed by atoms with Gasteiger partial charge in [0.25, 0.3) is 0 Å². The van der Waals surface area contributed by atoms with E-state index in [-0.39, 0.29) is 9.52 Å². The zero-order chi connectivity index (χ0) is 8.97. The summed E-state index contributed by atoms with van der Waals surface area (Å²) in [5.41, 5.74) is 1.33. The summed E-state index contributed by atoms with van der Waals surface area (Å²) >= 11 is 0. The van der Waals surface area contributed by atoms with Gasteiger partial charge in [0.15, 0.2) is 0 Å². The molecule has 3 heteroatoms. The number of hydrogen-bond acceptors (Lipinski definition) is 1. The molecule has 0 saturated heterocycles. The van der Waals surface area contributed by atoms with Gasteiger partial charge >= 0.3 is 5.97 Å². The molecular formula is C9H16O2Si. The van der Waals surface area contributed by atoms with E-state index in [4.69, 9.17) is 5.11 Å². The lowest BCUT2D eigenvalue weighted by Gasteiger charge is -2.06. The summed E-state index contributed by atoms with van der Waals surface area (Å²) in [6.45, 7) is 3.55. The van der Waals surface area contributed by atoms with Crippen LogP contribution in [0, 0.1) is 0 Å². The third-order valence-electron chi connectivity index (χ3n) is 2.63. The molecule has 0 aromatic heterocycles. The monoisotopic (exact) mass is 184 g/mol. The van der Waals surface area contributed by atoms with Gasteiger partial charge in [-0.2, -0.15) is 0 Å². The van der Waals surface area contributed by atoms with E-state index in [0.717, 1.165) is 11.6 Å². The molecule has 0 aliphatic heterocycles. The van der Waals surface area contributed by atoms with Crippen LogP contribution in [0.4, 0.5) is 0 Å². The molecule has 1 aliphatic carbocycles. The summed E-state index contributed by atoms with van der Waals surface area (Å²) in [6.07, 6.45) is 5.41. The molecule has 2 nitrogen and oxygen atoms in total. The first-order chi connectivity index (χ1) is 5.70. The summed E-state index contributed by atoms with van der Waals surface area (Å²) in [6, 6.07) is 0.806. The number of aliphatic carboxylic acids is 1. The van der Waals surface area contributed by atoms with Gasteiger partial charge in [-0.05, 0) is 6.04 Å². The van der Waals surface area contributed by atoms with Crippen molar-refractivity contribution in [3.8, 4) is 0 Å². The average Bonchev–Trinajstić information content (AvgIpc) is 2.51. The first-order valence-corrected chi connectivity index (χ1v) is 6.43. The van der Waals surface area contributed by atoms with Crippen molar-refractivity contribution < 1.29 is 9.90 Å². The Morgan fingerprint density at radius 1 is 1.50 bits per heavy atom. The molecule has 12 heavy (non-hydrogen) atoms. The van der Waals surface area contributed by atoms with Crippen LogP contribution in [0.15, 0.2) is 12.2 Å². The van der Waals surface area contributed by atoms with Crippen molar-refractivity contribution in [1.82, 2.24) is 0 Å². The van der Waals surface area contributed by atoms with Crippen LogP contribution in [0.1, 0.15) is 25.7 Å². The number of carboxylic acid groups (broad SMARTS) is 1. The molecule has 0 aromatic carbocycles. The van der Waals surface area contributed by atoms with Gasteiger partial charge in [0.1, 0.15) is 0 Å². The Balaban J connectivity index is 2.16. The minimum Gasteiger partial charge on any atom is -0.478 e. The van der Waals surface area contributed by atoms with Gasteiger partial charge in [-0.25, -0.2) is 4.79 Å². The molecule has 1 N–H and O–H groups in total. The second-order valence-corrected chi connectivity index (χ2v) is 5.83. The Bertz CT molecular complexity index is 183. The minimum atomic E-state index is -0.805. The van der Waals surface area contributed by atoms with Gasteiger partial charge < -0.3 is 5.11 Å². The molecule has 0 amide bonds. The molecule has 0 atom stereocenters. The zero-order valence-electron chi connectivity index (χ0n) is 7.38. The first kappa shape index (κ1) is 9.51. The van der Waals surface area contributed by atoms with E-state index >= 15 is 0 Å². The van der Waals surface area contributed by atoms with Gasteiger partial charge in [0.05, 0.1) is 0 Å². The van der Waals surface area contributed by atoms with Crippen molar-refractivity contribution in [2.75, 3.05) is 0 Å². The topological polar surface area (TPSA) is 37.3 Å². The number of carbonyl (C=O) groups is 1. The lowest BCUT2D eigenvalue weighted by Crippen LogP contribution is -2.05. The van der Waals surface area contributed by atoms with Crippen LogP contribution in [0.25, 0.3) is 0 Å². The molecule has 0 unspecified atom stereocenters. The van der Waals surface area contributed by atoms with Crippen molar-refractivity contribution in [3.05, 3.63) is 12.2 Å². The van der Waals surface area contributed by atoms with Crippen LogP contribution in [0.3, 0.4) is 0 Å². The van der Waals surface area contributed by atoms with E-state index in [0.29, 0.717) is 5.57 Å². The third kappa shape index (κ3) is 2.81. The Morgan fingerprint density at radius 2 is 2.08 bits per heavy atom. The fourth-order valence-corrected chi connectivity index (χ4v) is 3.91. The Labute approximate surface area is 75.5 Å².